The Bertz CT molecular complexity index is 1420. The molecule has 0 aromatic heterocycles. The van der Waals surface area contributed by atoms with E-state index >= 15 is 0 Å². The molecular weight excluding hydrogens is 684 g/mol. The molecule has 0 amide bonds. The topological polar surface area (TPSA) is 185 Å². The molecule has 0 aromatic rings. The molecule has 302 valence electrons. The lowest BCUT2D eigenvalue weighted by molar-refractivity contribution is -0.363. The van der Waals surface area contributed by atoms with Gasteiger partial charge < -0.3 is 54.3 Å². The number of aliphatic hydroxyl groups excluding tert-OH is 6. The molecule has 18 atom stereocenters. The second-order valence-electron chi connectivity index (χ2n) is 19.6. The summed E-state index contributed by atoms with van der Waals surface area (Å²) < 4.78 is 30.7. The number of aliphatic hydroxyl groups is 6. The van der Waals surface area contributed by atoms with E-state index in [1.807, 2.05) is 0 Å². The Balaban J connectivity index is 1.12. The van der Waals surface area contributed by atoms with Crippen LogP contribution in [0.25, 0.3) is 0 Å². The maximum absolute atomic E-state index is 14.2. The number of allylic oxidation sites excluding steroid dienone is 1. The van der Waals surface area contributed by atoms with Crippen LogP contribution in [0.5, 0.6) is 0 Å². The molecule has 12 heteroatoms. The fourth-order valence-electron chi connectivity index (χ4n) is 12.9. The number of cyclic esters (lactones) is 1. The number of ether oxygens (including phenoxy) is 5. The summed E-state index contributed by atoms with van der Waals surface area (Å²) in [5, 5.41) is 65.1. The Morgan fingerprint density at radius 1 is 0.849 bits per heavy atom. The summed E-state index contributed by atoms with van der Waals surface area (Å²) in [6.07, 6.45) is -3.12. The van der Waals surface area contributed by atoms with Gasteiger partial charge in [0.25, 0.3) is 0 Å². The van der Waals surface area contributed by atoms with Crippen LogP contribution in [0, 0.1) is 45.3 Å². The summed E-state index contributed by atoms with van der Waals surface area (Å²) in [6.45, 7) is 16.9. The Labute approximate surface area is 314 Å². The first kappa shape index (κ1) is 40.0. The molecule has 53 heavy (non-hydrogen) atoms. The number of esters is 1. The highest BCUT2D eigenvalue weighted by molar-refractivity contribution is 5.84. The van der Waals surface area contributed by atoms with E-state index in [4.69, 9.17) is 23.7 Å². The number of carbonyl (C=O) groups excluding carboxylic acids is 1. The van der Waals surface area contributed by atoms with Gasteiger partial charge in [-0.3, -0.25) is 4.79 Å². The van der Waals surface area contributed by atoms with E-state index in [1.165, 1.54) is 5.57 Å². The van der Waals surface area contributed by atoms with Gasteiger partial charge in [0.2, 0.25) is 0 Å². The minimum Gasteiger partial charge on any atom is -0.459 e. The molecule has 0 bridgehead atoms. The highest BCUT2D eigenvalue weighted by Gasteiger charge is 2.78. The Morgan fingerprint density at radius 3 is 2.26 bits per heavy atom. The molecule has 0 radical (unpaired) electrons. The first-order chi connectivity index (χ1) is 24.7. The van der Waals surface area contributed by atoms with Gasteiger partial charge >= 0.3 is 5.97 Å². The van der Waals surface area contributed by atoms with E-state index in [-0.39, 0.29) is 41.8 Å². The second kappa shape index (κ2) is 13.7. The normalized spacial score (nSPS) is 53.3. The quantitative estimate of drug-likeness (QED) is 0.121. The van der Waals surface area contributed by atoms with Crippen molar-refractivity contribution in [3.05, 3.63) is 11.6 Å². The minimum absolute atomic E-state index is 0.0326. The fourth-order valence-corrected chi connectivity index (χ4v) is 12.9. The van der Waals surface area contributed by atoms with Crippen molar-refractivity contribution in [3.8, 4) is 0 Å². The monoisotopic (exact) mass is 750 g/mol. The third-order valence-electron chi connectivity index (χ3n) is 15.9. The molecule has 12 nitrogen and oxygen atoms in total. The summed E-state index contributed by atoms with van der Waals surface area (Å²) in [5.41, 5.74) is -1.36. The smallest absolute Gasteiger partial charge is 0.316 e. The molecule has 3 heterocycles. The molecule has 6 N–H and O–H groups in total. The molecule has 7 rings (SSSR count). The first-order valence-corrected chi connectivity index (χ1v) is 20.4. The lowest BCUT2D eigenvalue weighted by Gasteiger charge is -2.64. The van der Waals surface area contributed by atoms with E-state index in [0.717, 1.165) is 51.4 Å². The van der Waals surface area contributed by atoms with Crippen molar-refractivity contribution in [2.75, 3.05) is 6.61 Å². The van der Waals surface area contributed by atoms with Crippen LogP contribution >= 0.6 is 0 Å². The van der Waals surface area contributed by atoms with Crippen LogP contribution in [-0.4, -0.2) is 116 Å². The highest BCUT2D eigenvalue weighted by atomic mass is 16.8. The van der Waals surface area contributed by atoms with Crippen molar-refractivity contribution in [1.29, 1.82) is 0 Å². The van der Waals surface area contributed by atoms with Crippen LogP contribution in [-0.2, 0) is 28.5 Å². The number of carbonyl (C=O) groups is 1. The van der Waals surface area contributed by atoms with Crippen molar-refractivity contribution in [1.82, 2.24) is 0 Å². The lowest BCUT2D eigenvalue weighted by atomic mass is 9.40. The van der Waals surface area contributed by atoms with E-state index in [1.54, 1.807) is 6.92 Å². The zero-order chi connectivity index (χ0) is 38.6. The predicted octanol–water partition coefficient (Wildman–Crippen LogP) is 3.36. The maximum Gasteiger partial charge on any atom is 0.316 e. The maximum atomic E-state index is 14.2. The van der Waals surface area contributed by atoms with E-state index < -0.39 is 83.3 Å². The minimum atomic E-state index is -1.60. The second-order valence-corrected chi connectivity index (χ2v) is 19.6. The Kier molecular flexibility index (Phi) is 10.4. The van der Waals surface area contributed by atoms with Gasteiger partial charge in [-0.25, -0.2) is 0 Å². The predicted molar refractivity (Wildman–Crippen MR) is 192 cm³/mol. The fraction of sp³-hybridized carbons (Fsp3) is 0.927. The summed E-state index contributed by atoms with van der Waals surface area (Å²) in [6, 6.07) is 0. The van der Waals surface area contributed by atoms with E-state index in [9.17, 15) is 35.4 Å². The average Bonchev–Trinajstić information content (AvgIpc) is 3.54. The summed E-state index contributed by atoms with van der Waals surface area (Å²) >= 11 is 0. The van der Waals surface area contributed by atoms with Crippen molar-refractivity contribution >= 4 is 5.97 Å². The summed E-state index contributed by atoms with van der Waals surface area (Å²) in [5.74, 6) is 0.633. The molecule has 1 spiro atoms. The lowest BCUT2D eigenvalue weighted by Crippen LogP contribution is -2.64. The molecule has 7 unspecified atom stereocenters. The molecule has 3 saturated carbocycles. The third kappa shape index (κ3) is 5.85. The van der Waals surface area contributed by atoms with Gasteiger partial charge in [0.05, 0.1) is 24.9 Å². The number of hydrogen-bond acceptors (Lipinski definition) is 12. The van der Waals surface area contributed by atoms with Gasteiger partial charge in [-0.15, -0.1) is 0 Å². The van der Waals surface area contributed by atoms with E-state index in [0.29, 0.717) is 12.3 Å². The standard InChI is InChI=1S/C41H66O12/c1-20(2)10-9-15-40(8)26-13-17-39(7)22-11-12-25-37(4,5)28(14-16-38(25,6)23(22)18-27(43)41(26,39)36(48)53-40)51-35-33(30(45)24(42)19-49-35)52-34-32(47)31(46)29(44)21(3)50-34/h18,20-22,24-35,42-47H,9-17,19H2,1-8H3/t21?,22-,24-,25?,26-,27+,28+,29-,30?,31?,32?,33?,34+,35+,38-,39+,40+,41?/m1/s1. The molecule has 0 aromatic carbocycles. The van der Waals surface area contributed by atoms with Gasteiger partial charge in [0.15, 0.2) is 12.6 Å². The molecular formula is C41H66O12. The third-order valence-corrected chi connectivity index (χ3v) is 15.9. The number of rotatable bonds is 8. The zero-order valence-electron chi connectivity index (χ0n) is 32.9. The van der Waals surface area contributed by atoms with Crippen LogP contribution in [0.4, 0.5) is 0 Å². The molecule has 3 aliphatic heterocycles. The van der Waals surface area contributed by atoms with Crippen LogP contribution < -0.4 is 0 Å². The molecule has 7 aliphatic rings. The van der Waals surface area contributed by atoms with Gasteiger partial charge in [0, 0.05) is 5.92 Å². The van der Waals surface area contributed by atoms with Crippen molar-refractivity contribution in [2.24, 2.45) is 45.3 Å². The zero-order valence-corrected chi connectivity index (χ0v) is 32.9. The highest BCUT2D eigenvalue weighted by Crippen LogP contribution is 2.76. The van der Waals surface area contributed by atoms with Crippen molar-refractivity contribution < 1.29 is 59.1 Å². The largest absolute Gasteiger partial charge is 0.459 e. The van der Waals surface area contributed by atoms with Gasteiger partial charge in [-0.2, -0.15) is 0 Å². The molecule has 3 saturated heterocycles. The molecule has 4 aliphatic carbocycles. The summed E-state index contributed by atoms with van der Waals surface area (Å²) in [4.78, 5) is 14.2. The van der Waals surface area contributed by atoms with Crippen LogP contribution in [0.1, 0.15) is 113 Å². The van der Waals surface area contributed by atoms with Crippen LogP contribution in [0.15, 0.2) is 11.6 Å². The van der Waals surface area contributed by atoms with Crippen molar-refractivity contribution in [3.63, 3.8) is 0 Å². The Morgan fingerprint density at radius 2 is 1.57 bits per heavy atom. The molecule has 6 fully saturated rings. The Hall–Kier alpha value is -1.19. The number of fused-ring (bicyclic) bond motifs is 4. The SMILES string of the molecule is CC(C)CCC[C@]1(C)OC(=O)C23[C@@H](O)C=C4[C@@H](CCC5C(C)(C)[C@@H](O[C@@H]6OC[C@@H](O)C(O)C6O[C@@H]6OC(C)[C@@H](O)C(O)C6O)CC[C@]45C)[C@]2(C)CC[C@@H]31. The van der Waals surface area contributed by atoms with Crippen molar-refractivity contribution in [2.45, 2.75) is 186 Å². The van der Waals surface area contributed by atoms with Crippen LogP contribution in [0.2, 0.25) is 0 Å². The number of hydrogen-bond donors (Lipinski definition) is 6. The van der Waals surface area contributed by atoms with Crippen LogP contribution in [0.3, 0.4) is 0 Å². The van der Waals surface area contributed by atoms with E-state index in [2.05, 4.69) is 54.5 Å². The first-order valence-electron chi connectivity index (χ1n) is 20.4. The summed E-state index contributed by atoms with van der Waals surface area (Å²) in [7, 11) is 0. The van der Waals surface area contributed by atoms with Gasteiger partial charge in [-0.1, -0.05) is 59.6 Å². The van der Waals surface area contributed by atoms with Gasteiger partial charge in [-0.05, 0) is 99.2 Å². The van der Waals surface area contributed by atoms with Gasteiger partial charge in [0.1, 0.15) is 47.6 Å². The average molecular weight is 751 g/mol.